The predicted octanol–water partition coefficient (Wildman–Crippen LogP) is 2.90. The highest BCUT2D eigenvalue weighted by molar-refractivity contribution is 6.30. The molecular formula is C19H24ClN5O. The molecular weight excluding hydrogens is 350 g/mol. The largest absolute Gasteiger partial charge is 0.368 e. The highest BCUT2D eigenvalue weighted by atomic mass is 35.5. The first-order chi connectivity index (χ1) is 12.6. The van der Waals surface area contributed by atoms with Crippen molar-refractivity contribution < 1.29 is 4.79 Å². The van der Waals surface area contributed by atoms with E-state index >= 15 is 0 Å². The Morgan fingerprint density at radius 2 is 1.88 bits per heavy atom. The number of hydrogen-bond acceptors (Lipinski definition) is 5. The van der Waals surface area contributed by atoms with Gasteiger partial charge in [0, 0.05) is 49.1 Å². The lowest BCUT2D eigenvalue weighted by molar-refractivity contribution is 0.0948. The van der Waals surface area contributed by atoms with Crippen LogP contribution in [0.25, 0.3) is 0 Å². The van der Waals surface area contributed by atoms with Crippen LogP contribution in [0, 0.1) is 6.92 Å². The van der Waals surface area contributed by atoms with Crippen LogP contribution < -0.4 is 15.1 Å². The second kappa shape index (κ2) is 8.36. The number of aromatic nitrogens is 2. The van der Waals surface area contributed by atoms with Crippen molar-refractivity contribution in [2.24, 2.45) is 0 Å². The molecule has 0 radical (unpaired) electrons. The maximum absolute atomic E-state index is 12.2. The zero-order valence-corrected chi connectivity index (χ0v) is 16.0. The Hall–Kier alpha value is -2.34. The first kappa shape index (κ1) is 18.5. The molecule has 6 nitrogen and oxygen atoms in total. The van der Waals surface area contributed by atoms with E-state index in [4.69, 9.17) is 11.6 Å². The number of piperazine rings is 1. The van der Waals surface area contributed by atoms with E-state index in [2.05, 4.69) is 31.2 Å². The van der Waals surface area contributed by atoms with Gasteiger partial charge in [-0.05, 0) is 37.6 Å². The SMILES string of the molecule is CCCNC(=O)c1cc(C)nc(N2CCN(c3cccc(Cl)c3)CC2)n1. The smallest absolute Gasteiger partial charge is 0.270 e. The Kier molecular flexibility index (Phi) is 5.93. The number of carbonyl (C=O) groups is 1. The summed E-state index contributed by atoms with van der Waals surface area (Å²) in [7, 11) is 0. The summed E-state index contributed by atoms with van der Waals surface area (Å²) in [5.41, 5.74) is 2.36. The maximum atomic E-state index is 12.2. The van der Waals surface area contributed by atoms with Crippen LogP contribution in [-0.2, 0) is 0 Å². The van der Waals surface area contributed by atoms with Crippen LogP contribution in [0.15, 0.2) is 30.3 Å². The normalized spacial score (nSPS) is 14.4. The van der Waals surface area contributed by atoms with Gasteiger partial charge in [0.15, 0.2) is 0 Å². The monoisotopic (exact) mass is 373 g/mol. The molecule has 1 fully saturated rings. The Morgan fingerprint density at radius 1 is 1.15 bits per heavy atom. The van der Waals surface area contributed by atoms with Gasteiger partial charge in [-0.15, -0.1) is 0 Å². The summed E-state index contributed by atoms with van der Waals surface area (Å²) in [4.78, 5) is 25.7. The molecule has 26 heavy (non-hydrogen) atoms. The van der Waals surface area contributed by atoms with Gasteiger partial charge in [-0.25, -0.2) is 9.97 Å². The molecule has 2 aromatic rings. The topological polar surface area (TPSA) is 61.4 Å². The van der Waals surface area contributed by atoms with Gasteiger partial charge in [0.1, 0.15) is 5.69 Å². The Labute approximate surface area is 159 Å². The van der Waals surface area contributed by atoms with E-state index < -0.39 is 0 Å². The number of halogens is 1. The standard InChI is InChI=1S/C19H24ClN5O/c1-3-7-21-18(26)17-12-14(2)22-19(23-17)25-10-8-24(9-11-25)16-6-4-5-15(20)13-16/h4-6,12-13H,3,7-11H2,1-2H3,(H,21,26). The molecule has 1 N–H and O–H groups in total. The van der Waals surface area contributed by atoms with Crippen molar-refractivity contribution in [3.8, 4) is 0 Å². The van der Waals surface area contributed by atoms with E-state index in [0.29, 0.717) is 18.2 Å². The number of hydrogen-bond donors (Lipinski definition) is 1. The molecule has 1 aliphatic heterocycles. The molecule has 1 aromatic carbocycles. The third kappa shape index (κ3) is 4.43. The molecule has 1 amide bonds. The molecule has 138 valence electrons. The van der Waals surface area contributed by atoms with E-state index in [1.165, 1.54) is 0 Å². The molecule has 1 aliphatic rings. The molecule has 0 unspecified atom stereocenters. The fraction of sp³-hybridized carbons (Fsp3) is 0.421. The lowest BCUT2D eigenvalue weighted by Crippen LogP contribution is -2.47. The Morgan fingerprint density at radius 3 is 2.58 bits per heavy atom. The Bertz CT molecular complexity index is 774. The highest BCUT2D eigenvalue weighted by Gasteiger charge is 2.21. The number of nitrogens with one attached hydrogen (secondary N) is 1. The van der Waals surface area contributed by atoms with Crippen molar-refractivity contribution in [1.29, 1.82) is 0 Å². The highest BCUT2D eigenvalue weighted by Crippen LogP contribution is 2.22. The van der Waals surface area contributed by atoms with E-state index in [1.807, 2.05) is 32.0 Å². The first-order valence-electron chi connectivity index (χ1n) is 8.96. The minimum absolute atomic E-state index is 0.142. The minimum Gasteiger partial charge on any atom is -0.368 e. The molecule has 0 spiro atoms. The number of anilines is 2. The quantitative estimate of drug-likeness (QED) is 0.873. The van der Waals surface area contributed by atoms with E-state index in [0.717, 1.165) is 49.0 Å². The van der Waals surface area contributed by atoms with Crippen LogP contribution in [0.4, 0.5) is 11.6 Å². The van der Waals surface area contributed by atoms with E-state index in [1.54, 1.807) is 6.07 Å². The zero-order chi connectivity index (χ0) is 18.5. The lowest BCUT2D eigenvalue weighted by Gasteiger charge is -2.36. The van der Waals surface area contributed by atoms with Gasteiger partial charge in [0.2, 0.25) is 5.95 Å². The average molecular weight is 374 g/mol. The van der Waals surface area contributed by atoms with Gasteiger partial charge in [-0.3, -0.25) is 4.79 Å². The van der Waals surface area contributed by atoms with Crippen LogP contribution in [0.5, 0.6) is 0 Å². The molecule has 2 heterocycles. The van der Waals surface area contributed by atoms with Crippen LogP contribution >= 0.6 is 11.6 Å². The number of rotatable bonds is 5. The van der Waals surface area contributed by atoms with Crippen molar-refractivity contribution in [3.63, 3.8) is 0 Å². The number of benzene rings is 1. The van der Waals surface area contributed by atoms with Crippen molar-refractivity contribution in [3.05, 3.63) is 46.7 Å². The summed E-state index contributed by atoms with van der Waals surface area (Å²) in [5, 5.41) is 3.62. The molecule has 0 atom stereocenters. The minimum atomic E-state index is -0.142. The van der Waals surface area contributed by atoms with Crippen molar-refractivity contribution in [2.75, 3.05) is 42.5 Å². The van der Waals surface area contributed by atoms with Gasteiger partial charge < -0.3 is 15.1 Å². The van der Waals surface area contributed by atoms with Gasteiger partial charge in [0.25, 0.3) is 5.91 Å². The summed E-state index contributed by atoms with van der Waals surface area (Å²) in [5.74, 6) is 0.480. The molecule has 7 heteroatoms. The van der Waals surface area contributed by atoms with Crippen molar-refractivity contribution >= 4 is 29.1 Å². The number of amides is 1. The van der Waals surface area contributed by atoms with Gasteiger partial charge in [-0.1, -0.05) is 24.6 Å². The number of carbonyl (C=O) groups excluding carboxylic acids is 1. The fourth-order valence-electron chi connectivity index (χ4n) is 2.98. The average Bonchev–Trinajstić information content (AvgIpc) is 2.65. The predicted molar refractivity (Wildman–Crippen MR) is 105 cm³/mol. The second-order valence-corrected chi connectivity index (χ2v) is 6.84. The fourth-order valence-corrected chi connectivity index (χ4v) is 3.16. The van der Waals surface area contributed by atoms with Gasteiger partial charge in [0.05, 0.1) is 0 Å². The van der Waals surface area contributed by atoms with Gasteiger partial charge in [-0.2, -0.15) is 0 Å². The van der Waals surface area contributed by atoms with Crippen molar-refractivity contribution in [1.82, 2.24) is 15.3 Å². The summed E-state index contributed by atoms with van der Waals surface area (Å²) in [6.45, 7) is 7.87. The maximum Gasteiger partial charge on any atom is 0.270 e. The van der Waals surface area contributed by atoms with Crippen LogP contribution in [0.1, 0.15) is 29.5 Å². The van der Waals surface area contributed by atoms with E-state index in [-0.39, 0.29) is 5.91 Å². The van der Waals surface area contributed by atoms with E-state index in [9.17, 15) is 4.79 Å². The summed E-state index contributed by atoms with van der Waals surface area (Å²) < 4.78 is 0. The molecule has 1 saturated heterocycles. The number of aryl methyl sites for hydroxylation is 1. The molecule has 3 rings (SSSR count). The van der Waals surface area contributed by atoms with Crippen LogP contribution in [-0.4, -0.2) is 48.6 Å². The Balaban J connectivity index is 1.69. The molecule has 0 saturated carbocycles. The lowest BCUT2D eigenvalue weighted by atomic mass is 10.2. The van der Waals surface area contributed by atoms with Gasteiger partial charge >= 0.3 is 0 Å². The summed E-state index contributed by atoms with van der Waals surface area (Å²) in [6.07, 6.45) is 0.897. The molecule has 0 aliphatic carbocycles. The molecule has 0 bridgehead atoms. The summed E-state index contributed by atoms with van der Waals surface area (Å²) in [6, 6.07) is 9.63. The molecule has 1 aromatic heterocycles. The first-order valence-corrected chi connectivity index (χ1v) is 9.34. The summed E-state index contributed by atoms with van der Waals surface area (Å²) >= 11 is 6.09. The zero-order valence-electron chi connectivity index (χ0n) is 15.2. The van der Waals surface area contributed by atoms with Crippen LogP contribution in [0.2, 0.25) is 5.02 Å². The third-order valence-electron chi connectivity index (χ3n) is 4.35. The second-order valence-electron chi connectivity index (χ2n) is 6.40. The number of nitrogens with zero attached hydrogens (tertiary/aromatic N) is 4. The van der Waals surface area contributed by atoms with Crippen LogP contribution in [0.3, 0.4) is 0 Å². The van der Waals surface area contributed by atoms with Crippen molar-refractivity contribution in [2.45, 2.75) is 20.3 Å². The third-order valence-corrected chi connectivity index (χ3v) is 4.58.